The lowest BCUT2D eigenvalue weighted by molar-refractivity contribution is -0.119. The fraction of sp³-hybridized carbons (Fsp3) is 0.167. The first-order chi connectivity index (χ1) is 15.7. The van der Waals surface area contributed by atoms with Gasteiger partial charge in [-0.1, -0.05) is 23.2 Å². The summed E-state index contributed by atoms with van der Waals surface area (Å²) in [5, 5.41) is 9.50. The summed E-state index contributed by atoms with van der Waals surface area (Å²) >= 11 is 13.3. The summed E-state index contributed by atoms with van der Waals surface area (Å²) in [5.41, 5.74) is 1.17. The molecule has 0 fully saturated rings. The molecule has 0 aromatic heterocycles. The molecule has 0 bridgehead atoms. The van der Waals surface area contributed by atoms with Crippen molar-refractivity contribution in [1.82, 2.24) is 0 Å². The molecular formula is C24H18Cl2FNO5. The van der Waals surface area contributed by atoms with E-state index in [9.17, 15) is 19.1 Å². The summed E-state index contributed by atoms with van der Waals surface area (Å²) in [6, 6.07) is 12.9. The number of anilines is 1. The molecule has 1 aliphatic heterocycles. The fourth-order valence-corrected chi connectivity index (χ4v) is 4.64. The smallest absolute Gasteiger partial charge is 0.335 e. The molecule has 1 amide bonds. The summed E-state index contributed by atoms with van der Waals surface area (Å²) in [7, 11) is 3.02. The number of carbonyl (C=O) groups excluding carboxylic acids is 1. The summed E-state index contributed by atoms with van der Waals surface area (Å²) in [5.74, 6) is -1.33. The molecule has 1 unspecified atom stereocenters. The minimum absolute atomic E-state index is 0.0618. The molecule has 33 heavy (non-hydrogen) atoms. The van der Waals surface area contributed by atoms with E-state index in [1.165, 1.54) is 49.5 Å². The number of hydrogen-bond donors (Lipinski definition) is 1. The number of carbonyl (C=O) groups is 2. The monoisotopic (exact) mass is 489 g/mol. The second kappa shape index (κ2) is 8.57. The number of methoxy groups -OCH3 is 2. The van der Waals surface area contributed by atoms with Crippen LogP contribution < -0.4 is 14.4 Å². The van der Waals surface area contributed by atoms with Crippen LogP contribution in [-0.2, 0) is 16.2 Å². The molecule has 1 heterocycles. The second-order valence-electron chi connectivity index (χ2n) is 7.39. The Balaban J connectivity index is 1.87. The van der Waals surface area contributed by atoms with Gasteiger partial charge in [-0.25, -0.2) is 9.18 Å². The molecule has 3 aromatic carbocycles. The van der Waals surface area contributed by atoms with Gasteiger partial charge in [0.25, 0.3) is 5.91 Å². The van der Waals surface area contributed by atoms with E-state index in [4.69, 9.17) is 32.7 Å². The van der Waals surface area contributed by atoms with Crippen LogP contribution in [0.15, 0.2) is 54.6 Å². The van der Waals surface area contributed by atoms with Gasteiger partial charge in [-0.05, 0) is 48.5 Å². The van der Waals surface area contributed by atoms with Crippen LogP contribution in [0.4, 0.5) is 10.1 Å². The van der Waals surface area contributed by atoms with Gasteiger partial charge in [0.1, 0.15) is 17.3 Å². The first kappa shape index (κ1) is 22.9. The van der Waals surface area contributed by atoms with Crippen LogP contribution in [-0.4, -0.2) is 31.2 Å². The Kier molecular flexibility index (Phi) is 5.95. The topological polar surface area (TPSA) is 76.1 Å². The number of hydrogen-bond acceptors (Lipinski definition) is 4. The lowest BCUT2D eigenvalue weighted by Crippen LogP contribution is -2.37. The number of rotatable bonds is 6. The van der Waals surface area contributed by atoms with Crippen molar-refractivity contribution in [3.05, 3.63) is 87.7 Å². The third-order valence-corrected chi connectivity index (χ3v) is 6.47. The van der Waals surface area contributed by atoms with Crippen LogP contribution in [0.3, 0.4) is 0 Å². The number of amides is 1. The quantitative estimate of drug-likeness (QED) is 0.480. The van der Waals surface area contributed by atoms with Gasteiger partial charge in [0.2, 0.25) is 0 Å². The highest BCUT2D eigenvalue weighted by atomic mass is 35.5. The zero-order chi connectivity index (χ0) is 23.9. The Morgan fingerprint density at radius 2 is 1.82 bits per heavy atom. The Bertz CT molecular complexity index is 1280. The molecule has 0 saturated heterocycles. The van der Waals surface area contributed by atoms with Gasteiger partial charge in [-0.2, -0.15) is 0 Å². The van der Waals surface area contributed by atoms with E-state index < -0.39 is 22.6 Å². The number of ether oxygens (including phenoxy) is 2. The largest absolute Gasteiger partial charge is 0.497 e. The average Bonchev–Trinajstić information content (AvgIpc) is 3.01. The van der Waals surface area contributed by atoms with Crippen molar-refractivity contribution >= 4 is 40.8 Å². The van der Waals surface area contributed by atoms with Crippen molar-refractivity contribution in [2.24, 2.45) is 0 Å². The van der Waals surface area contributed by atoms with Gasteiger partial charge in [0.15, 0.2) is 4.87 Å². The number of halogens is 3. The number of benzene rings is 3. The summed E-state index contributed by atoms with van der Waals surface area (Å²) < 4.78 is 24.9. The number of aromatic carboxylic acids is 1. The summed E-state index contributed by atoms with van der Waals surface area (Å²) in [4.78, 5) is 24.8. The van der Waals surface area contributed by atoms with E-state index in [0.29, 0.717) is 22.7 Å². The number of carboxylic acids is 1. The predicted molar refractivity (Wildman–Crippen MR) is 122 cm³/mol. The maximum atomic E-state index is 14.3. The molecule has 1 aliphatic rings. The van der Waals surface area contributed by atoms with Crippen molar-refractivity contribution < 1.29 is 28.6 Å². The third-order valence-electron chi connectivity index (χ3n) is 5.57. The van der Waals surface area contributed by atoms with Crippen LogP contribution in [0.2, 0.25) is 5.02 Å². The molecule has 0 saturated carbocycles. The van der Waals surface area contributed by atoms with E-state index in [1.807, 2.05) is 0 Å². The molecule has 170 valence electrons. The highest BCUT2D eigenvalue weighted by molar-refractivity contribution is 6.43. The minimum atomic E-state index is -1.92. The van der Waals surface area contributed by atoms with Crippen molar-refractivity contribution in [2.45, 2.75) is 11.4 Å². The molecule has 4 rings (SSSR count). The van der Waals surface area contributed by atoms with Crippen LogP contribution >= 0.6 is 23.2 Å². The van der Waals surface area contributed by atoms with Gasteiger partial charge in [0.05, 0.1) is 32.0 Å². The maximum absolute atomic E-state index is 14.3. The molecule has 0 radical (unpaired) electrons. The Labute approximate surface area is 199 Å². The minimum Gasteiger partial charge on any atom is -0.497 e. The Morgan fingerprint density at radius 1 is 1.06 bits per heavy atom. The van der Waals surface area contributed by atoms with Crippen LogP contribution in [0.1, 0.15) is 27.0 Å². The second-order valence-corrected chi connectivity index (χ2v) is 8.36. The lowest BCUT2D eigenvalue weighted by Gasteiger charge is -2.24. The molecule has 6 nitrogen and oxygen atoms in total. The van der Waals surface area contributed by atoms with Crippen LogP contribution in [0.25, 0.3) is 0 Å². The van der Waals surface area contributed by atoms with Crippen molar-refractivity contribution in [3.63, 3.8) is 0 Å². The highest BCUT2D eigenvalue weighted by Crippen LogP contribution is 2.52. The average molecular weight is 490 g/mol. The SMILES string of the molecule is COc1ccc(CN2C(=O)C(Cl)(c3cc(C(=O)O)ccc3Cl)c3cc(F)ccc32)c(OC)c1. The summed E-state index contributed by atoms with van der Waals surface area (Å²) in [6.07, 6.45) is 0. The Morgan fingerprint density at radius 3 is 2.48 bits per heavy atom. The van der Waals surface area contributed by atoms with Gasteiger partial charge in [-0.3, -0.25) is 4.79 Å². The standard InChI is InChI=1S/C24H18Cl2FNO5/c1-32-16-6-3-14(21(11-16)33-2)12-28-20-8-5-15(27)10-18(20)24(26,23(28)31)17-9-13(22(29)30)4-7-19(17)25/h3-11H,12H2,1-2H3,(H,29,30). The highest BCUT2D eigenvalue weighted by Gasteiger charge is 2.52. The van der Waals surface area contributed by atoms with Crippen molar-refractivity contribution in [3.8, 4) is 11.5 Å². The lowest BCUT2D eigenvalue weighted by atomic mass is 9.90. The fourth-order valence-electron chi connectivity index (χ4n) is 3.92. The molecule has 1 N–H and O–H groups in total. The molecule has 0 spiro atoms. The molecular weight excluding hydrogens is 472 g/mol. The molecule has 0 aliphatic carbocycles. The zero-order valence-corrected chi connectivity index (χ0v) is 19.1. The molecule has 3 aromatic rings. The van der Waals surface area contributed by atoms with E-state index in [1.54, 1.807) is 18.2 Å². The first-order valence-electron chi connectivity index (χ1n) is 9.75. The van der Waals surface area contributed by atoms with Crippen molar-refractivity contribution in [2.75, 3.05) is 19.1 Å². The van der Waals surface area contributed by atoms with Crippen LogP contribution in [0, 0.1) is 5.82 Å². The molecule has 9 heteroatoms. The number of alkyl halides is 1. The first-order valence-corrected chi connectivity index (χ1v) is 10.5. The Hall–Kier alpha value is -3.29. The maximum Gasteiger partial charge on any atom is 0.335 e. The molecule has 1 atom stereocenters. The van der Waals surface area contributed by atoms with Crippen molar-refractivity contribution in [1.29, 1.82) is 0 Å². The zero-order valence-electron chi connectivity index (χ0n) is 17.6. The van der Waals surface area contributed by atoms with Gasteiger partial charge in [-0.15, -0.1) is 0 Å². The predicted octanol–water partition coefficient (Wildman–Crippen LogP) is 5.22. The van der Waals surface area contributed by atoms with E-state index in [0.717, 1.165) is 6.07 Å². The van der Waals surface area contributed by atoms with Gasteiger partial charge in [0, 0.05) is 27.8 Å². The van der Waals surface area contributed by atoms with E-state index >= 15 is 0 Å². The number of fused-ring (bicyclic) bond motifs is 1. The van der Waals surface area contributed by atoms with Gasteiger partial charge >= 0.3 is 5.97 Å². The van der Waals surface area contributed by atoms with Crippen LogP contribution in [0.5, 0.6) is 11.5 Å². The van der Waals surface area contributed by atoms with Gasteiger partial charge < -0.3 is 19.5 Å². The number of carboxylic acid groups (broad SMARTS) is 1. The third kappa shape index (κ3) is 3.77. The van der Waals surface area contributed by atoms with E-state index in [2.05, 4.69) is 0 Å². The summed E-state index contributed by atoms with van der Waals surface area (Å²) in [6.45, 7) is 0.0648. The van der Waals surface area contributed by atoms with E-state index in [-0.39, 0.29) is 28.3 Å². The number of nitrogens with zero attached hydrogens (tertiary/aromatic N) is 1. The normalized spacial score (nSPS) is 17.1.